The maximum absolute atomic E-state index is 12.1. The molecule has 0 aromatic heterocycles. The number of carbonyl (C=O) groups is 1. The Labute approximate surface area is 120 Å². The molecule has 0 saturated carbocycles. The van der Waals surface area contributed by atoms with E-state index in [1.54, 1.807) is 6.07 Å². The number of nitrogens with one attached hydrogen (secondary N) is 2. The molecule has 0 spiro atoms. The minimum atomic E-state index is 0.0470. The highest BCUT2D eigenvalue weighted by Crippen LogP contribution is 2.29. The molecule has 1 fully saturated rings. The van der Waals surface area contributed by atoms with Crippen molar-refractivity contribution in [1.82, 2.24) is 5.32 Å². The quantitative estimate of drug-likeness (QED) is 0.872. The van der Waals surface area contributed by atoms with Gasteiger partial charge in [0, 0.05) is 16.0 Å². The van der Waals surface area contributed by atoms with E-state index >= 15 is 0 Å². The van der Waals surface area contributed by atoms with Crippen LogP contribution in [0.1, 0.15) is 18.4 Å². The minimum absolute atomic E-state index is 0.0470. The van der Waals surface area contributed by atoms with Gasteiger partial charge in [-0.2, -0.15) is 0 Å². The number of hydrogen-bond donors (Lipinski definition) is 2. The van der Waals surface area contributed by atoms with Crippen LogP contribution < -0.4 is 10.6 Å². The van der Waals surface area contributed by atoms with E-state index in [9.17, 15) is 4.79 Å². The number of carbonyl (C=O) groups excluding carboxylic acids is 1. The summed E-state index contributed by atoms with van der Waals surface area (Å²) in [6.45, 7) is 3.69. The summed E-state index contributed by atoms with van der Waals surface area (Å²) in [6.07, 6.45) is 1.99. The number of anilines is 1. The molecule has 2 N–H and O–H groups in total. The van der Waals surface area contributed by atoms with E-state index in [0.29, 0.717) is 5.02 Å². The van der Waals surface area contributed by atoms with Crippen LogP contribution in [-0.2, 0) is 4.79 Å². The van der Waals surface area contributed by atoms with Gasteiger partial charge in [-0.05, 0) is 59.9 Å². The third kappa shape index (κ3) is 3.25. The molecule has 1 atom stereocenters. The van der Waals surface area contributed by atoms with Gasteiger partial charge >= 0.3 is 0 Å². The second kappa shape index (κ2) is 6.04. The Hall–Kier alpha value is -0.580. The zero-order chi connectivity index (χ0) is 13.1. The standard InChI is InChI=1S/C13H16BrClN2O/c1-8-5-10(14)12(6-11(8)15)17-13(18)9-3-2-4-16-7-9/h5-6,9,16H,2-4,7H2,1H3,(H,17,18). The van der Waals surface area contributed by atoms with Crippen molar-refractivity contribution in [2.75, 3.05) is 18.4 Å². The van der Waals surface area contributed by atoms with Crippen LogP contribution >= 0.6 is 27.5 Å². The Morgan fingerprint density at radius 3 is 3.00 bits per heavy atom. The van der Waals surface area contributed by atoms with Crippen molar-refractivity contribution in [3.8, 4) is 0 Å². The zero-order valence-corrected chi connectivity index (χ0v) is 12.6. The van der Waals surface area contributed by atoms with Gasteiger partial charge in [0.1, 0.15) is 0 Å². The maximum atomic E-state index is 12.1. The van der Waals surface area contributed by atoms with Crippen molar-refractivity contribution in [3.05, 3.63) is 27.2 Å². The molecule has 18 heavy (non-hydrogen) atoms. The lowest BCUT2D eigenvalue weighted by molar-refractivity contribution is -0.120. The largest absolute Gasteiger partial charge is 0.325 e. The van der Waals surface area contributed by atoms with E-state index < -0.39 is 0 Å². The van der Waals surface area contributed by atoms with Gasteiger partial charge in [-0.1, -0.05) is 11.6 Å². The topological polar surface area (TPSA) is 41.1 Å². The summed E-state index contributed by atoms with van der Waals surface area (Å²) in [7, 11) is 0. The molecule has 1 aromatic rings. The molecule has 0 radical (unpaired) electrons. The number of rotatable bonds is 2. The number of halogens is 2. The highest BCUT2D eigenvalue weighted by Gasteiger charge is 2.21. The predicted molar refractivity (Wildman–Crippen MR) is 78.1 cm³/mol. The van der Waals surface area contributed by atoms with Crippen molar-refractivity contribution >= 4 is 39.1 Å². The molecule has 98 valence electrons. The Morgan fingerprint density at radius 2 is 2.33 bits per heavy atom. The number of aryl methyl sites for hydroxylation is 1. The van der Waals surface area contributed by atoms with E-state index in [1.807, 2.05) is 13.0 Å². The van der Waals surface area contributed by atoms with Crippen LogP contribution in [0.4, 0.5) is 5.69 Å². The first kappa shape index (κ1) is 13.8. The molecule has 1 amide bonds. The highest BCUT2D eigenvalue weighted by atomic mass is 79.9. The summed E-state index contributed by atoms with van der Waals surface area (Å²) in [5, 5.41) is 6.84. The first-order valence-corrected chi connectivity index (χ1v) is 7.22. The third-order valence-electron chi connectivity index (χ3n) is 3.17. The lowest BCUT2D eigenvalue weighted by Gasteiger charge is -2.22. The van der Waals surface area contributed by atoms with Gasteiger partial charge < -0.3 is 10.6 Å². The molecule has 1 aromatic carbocycles. The van der Waals surface area contributed by atoms with Crippen LogP contribution in [0.3, 0.4) is 0 Å². The summed E-state index contributed by atoms with van der Waals surface area (Å²) in [6, 6.07) is 3.70. The maximum Gasteiger partial charge on any atom is 0.228 e. The van der Waals surface area contributed by atoms with Gasteiger partial charge in [-0.3, -0.25) is 4.79 Å². The summed E-state index contributed by atoms with van der Waals surface area (Å²) < 4.78 is 0.863. The van der Waals surface area contributed by atoms with E-state index in [-0.39, 0.29) is 11.8 Å². The van der Waals surface area contributed by atoms with Crippen molar-refractivity contribution in [2.24, 2.45) is 5.92 Å². The fourth-order valence-corrected chi connectivity index (χ4v) is 2.77. The molecular formula is C13H16BrClN2O. The number of amides is 1. The fraction of sp³-hybridized carbons (Fsp3) is 0.462. The van der Waals surface area contributed by atoms with Crippen molar-refractivity contribution in [2.45, 2.75) is 19.8 Å². The predicted octanol–water partition coefficient (Wildman–Crippen LogP) is 3.35. The van der Waals surface area contributed by atoms with Crippen LogP contribution in [0.15, 0.2) is 16.6 Å². The lowest BCUT2D eigenvalue weighted by atomic mass is 9.99. The van der Waals surface area contributed by atoms with E-state index in [2.05, 4.69) is 26.6 Å². The number of hydrogen-bond acceptors (Lipinski definition) is 2. The van der Waals surface area contributed by atoms with E-state index in [0.717, 1.165) is 41.7 Å². The second-order valence-electron chi connectivity index (χ2n) is 4.61. The molecular weight excluding hydrogens is 316 g/mol. The van der Waals surface area contributed by atoms with Gasteiger partial charge in [0.15, 0.2) is 0 Å². The average molecular weight is 332 g/mol. The smallest absolute Gasteiger partial charge is 0.228 e. The molecule has 5 heteroatoms. The van der Waals surface area contributed by atoms with Gasteiger partial charge in [0.2, 0.25) is 5.91 Å². The Bertz CT molecular complexity index is 459. The summed E-state index contributed by atoms with van der Waals surface area (Å²) in [5.74, 6) is 0.105. The first-order chi connectivity index (χ1) is 8.58. The van der Waals surface area contributed by atoms with E-state index in [1.165, 1.54) is 0 Å². The number of benzene rings is 1. The summed E-state index contributed by atoms with van der Waals surface area (Å²) in [4.78, 5) is 12.1. The van der Waals surface area contributed by atoms with Gasteiger partial charge in [-0.25, -0.2) is 0 Å². The number of piperidine rings is 1. The second-order valence-corrected chi connectivity index (χ2v) is 5.88. The molecule has 3 nitrogen and oxygen atoms in total. The minimum Gasteiger partial charge on any atom is -0.325 e. The van der Waals surface area contributed by atoms with Crippen LogP contribution in [0.25, 0.3) is 0 Å². The molecule has 1 aliphatic rings. The average Bonchev–Trinajstić information content (AvgIpc) is 2.37. The van der Waals surface area contributed by atoms with Crippen molar-refractivity contribution < 1.29 is 4.79 Å². The molecule has 0 bridgehead atoms. The van der Waals surface area contributed by atoms with Crippen molar-refractivity contribution in [1.29, 1.82) is 0 Å². The molecule has 1 saturated heterocycles. The summed E-state index contributed by atoms with van der Waals surface area (Å²) >= 11 is 9.52. The molecule has 1 heterocycles. The highest BCUT2D eigenvalue weighted by molar-refractivity contribution is 9.10. The lowest BCUT2D eigenvalue weighted by Crippen LogP contribution is -2.37. The third-order valence-corrected chi connectivity index (χ3v) is 4.24. The zero-order valence-electron chi connectivity index (χ0n) is 10.2. The molecule has 1 unspecified atom stereocenters. The monoisotopic (exact) mass is 330 g/mol. The summed E-state index contributed by atoms with van der Waals surface area (Å²) in [5.41, 5.74) is 1.72. The Morgan fingerprint density at radius 1 is 1.56 bits per heavy atom. The van der Waals surface area contributed by atoms with Crippen LogP contribution in [0.5, 0.6) is 0 Å². The van der Waals surface area contributed by atoms with Crippen LogP contribution in [0.2, 0.25) is 5.02 Å². The Kier molecular flexibility index (Phi) is 4.65. The molecule has 0 aliphatic carbocycles. The van der Waals surface area contributed by atoms with Crippen molar-refractivity contribution in [3.63, 3.8) is 0 Å². The van der Waals surface area contributed by atoms with Gasteiger partial charge in [0.25, 0.3) is 0 Å². The normalized spacial score (nSPS) is 19.6. The van der Waals surface area contributed by atoms with E-state index in [4.69, 9.17) is 11.6 Å². The molecule has 1 aliphatic heterocycles. The van der Waals surface area contributed by atoms with Crippen LogP contribution in [0, 0.1) is 12.8 Å². The van der Waals surface area contributed by atoms with Gasteiger partial charge in [0.05, 0.1) is 11.6 Å². The van der Waals surface area contributed by atoms with Crippen LogP contribution in [-0.4, -0.2) is 19.0 Å². The fourth-order valence-electron chi connectivity index (χ4n) is 2.05. The SMILES string of the molecule is Cc1cc(Br)c(NC(=O)C2CCCNC2)cc1Cl. The first-order valence-electron chi connectivity index (χ1n) is 6.05. The van der Waals surface area contributed by atoms with Gasteiger partial charge in [-0.15, -0.1) is 0 Å². The molecule has 2 rings (SSSR count). The Balaban J connectivity index is 2.08.